The summed E-state index contributed by atoms with van der Waals surface area (Å²) in [6.45, 7) is 13.9. The molecule has 1 aliphatic carbocycles. The Hall–Kier alpha value is -3.27. The molecule has 2 fully saturated rings. The van der Waals surface area contributed by atoms with Crippen molar-refractivity contribution in [2.45, 2.75) is 96.6 Å². The Kier molecular flexibility index (Phi) is 9.32. The lowest BCUT2D eigenvalue weighted by atomic mass is 9.79. The first-order chi connectivity index (χ1) is 21.5. The van der Waals surface area contributed by atoms with E-state index < -0.39 is 0 Å². The summed E-state index contributed by atoms with van der Waals surface area (Å²) >= 11 is 1.23. The summed E-state index contributed by atoms with van der Waals surface area (Å²) in [5.74, 6) is 4.35. The highest BCUT2D eigenvalue weighted by Gasteiger charge is 2.42. The largest absolute Gasteiger partial charge is 0.477 e. The summed E-state index contributed by atoms with van der Waals surface area (Å²) in [6, 6.07) is 11.5. The number of ether oxygens (including phenoxy) is 1. The number of pyridine rings is 2. The molecule has 1 amide bonds. The van der Waals surface area contributed by atoms with Crippen LogP contribution in [-0.2, 0) is 0 Å². The number of nitrogens with zero attached hydrogens (tertiary/aromatic N) is 5. The zero-order chi connectivity index (χ0) is 31.6. The lowest BCUT2D eigenvalue weighted by Crippen LogP contribution is -2.40. The number of rotatable bonds is 6. The van der Waals surface area contributed by atoms with Crippen molar-refractivity contribution in [1.29, 1.82) is 0 Å². The summed E-state index contributed by atoms with van der Waals surface area (Å²) in [5, 5.41) is 9.04. The van der Waals surface area contributed by atoms with Crippen molar-refractivity contribution in [2.24, 2.45) is 23.2 Å². The van der Waals surface area contributed by atoms with Gasteiger partial charge in [0, 0.05) is 42.8 Å². The molecule has 242 valence electrons. The second-order valence-corrected chi connectivity index (χ2v) is 15.9. The van der Waals surface area contributed by atoms with Gasteiger partial charge in [0.2, 0.25) is 5.88 Å². The van der Waals surface area contributed by atoms with E-state index in [-0.39, 0.29) is 16.9 Å². The SMILES string of the molecule is CC(C)(C)CC1CNc2cccc(n2)SNC(=O)c2ccc(-n3ccc(OCCC4CCCC4)n3)nc2N2C[C@@H](C1)CC2(C)C. The fourth-order valence-corrected chi connectivity index (χ4v) is 8.15. The fourth-order valence-electron chi connectivity index (χ4n) is 7.56. The first-order valence-electron chi connectivity index (χ1n) is 16.7. The van der Waals surface area contributed by atoms with Gasteiger partial charge in [-0.15, -0.1) is 5.10 Å². The van der Waals surface area contributed by atoms with Crippen molar-refractivity contribution < 1.29 is 9.53 Å². The van der Waals surface area contributed by atoms with Gasteiger partial charge in [0.1, 0.15) is 16.7 Å². The van der Waals surface area contributed by atoms with E-state index in [1.807, 2.05) is 42.6 Å². The maximum Gasteiger partial charge on any atom is 0.265 e. The van der Waals surface area contributed by atoms with E-state index in [9.17, 15) is 4.79 Å². The van der Waals surface area contributed by atoms with Crippen molar-refractivity contribution in [1.82, 2.24) is 24.5 Å². The van der Waals surface area contributed by atoms with E-state index in [4.69, 9.17) is 19.8 Å². The summed E-state index contributed by atoms with van der Waals surface area (Å²) < 4.78 is 10.8. The van der Waals surface area contributed by atoms with Crippen LogP contribution in [0, 0.1) is 23.2 Å². The third-order valence-electron chi connectivity index (χ3n) is 9.48. The van der Waals surface area contributed by atoms with E-state index in [0.717, 1.165) is 55.5 Å². The maximum absolute atomic E-state index is 13.7. The molecular weight excluding hydrogens is 582 g/mol. The van der Waals surface area contributed by atoms with Gasteiger partial charge in [-0.3, -0.25) is 9.52 Å². The molecule has 5 heterocycles. The Labute approximate surface area is 272 Å². The Morgan fingerprint density at radius 3 is 2.69 bits per heavy atom. The van der Waals surface area contributed by atoms with Gasteiger partial charge < -0.3 is 15.0 Å². The third-order valence-corrected chi connectivity index (χ3v) is 10.2. The highest BCUT2D eigenvalue weighted by Crippen LogP contribution is 2.42. The van der Waals surface area contributed by atoms with Gasteiger partial charge in [-0.1, -0.05) is 52.5 Å². The van der Waals surface area contributed by atoms with Gasteiger partial charge in [0.25, 0.3) is 5.91 Å². The van der Waals surface area contributed by atoms with Gasteiger partial charge in [-0.2, -0.15) is 0 Å². The molecule has 3 aromatic rings. The number of nitrogens with one attached hydrogen (secondary N) is 2. The lowest BCUT2D eigenvalue weighted by molar-refractivity contribution is 0.0984. The van der Waals surface area contributed by atoms with Crippen molar-refractivity contribution in [3.63, 3.8) is 0 Å². The monoisotopic (exact) mass is 631 g/mol. The van der Waals surface area contributed by atoms with Crippen LogP contribution in [0.25, 0.3) is 5.82 Å². The van der Waals surface area contributed by atoms with Crippen LogP contribution in [0.1, 0.15) is 96.3 Å². The van der Waals surface area contributed by atoms with Crippen molar-refractivity contribution in [3.8, 4) is 11.7 Å². The number of anilines is 2. The summed E-state index contributed by atoms with van der Waals surface area (Å²) in [4.78, 5) is 26.0. The number of hydrogen-bond donors (Lipinski definition) is 2. The second-order valence-electron chi connectivity index (χ2n) is 15.1. The topological polar surface area (TPSA) is 97.2 Å². The molecule has 1 saturated heterocycles. The number of hydrogen-bond acceptors (Lipinski definition) is 8. The van der Waals surface area contributed by atoms with E-state index in [0.29, 0.717) is 41.5 Å². The van der Waals surface area contributed by atoms with Crippen LogP contribution >= 0.6 is 11.9 Å². The van der Waals surface area contributed by atoms with Crippen LogP contribution in [0.2, 0.25) is 0 Å². The van der Waals surface area contributed by atoms with Crippen LogP contribution in [-0.4, -0.2) is 50.9 Å². The van der Waals surface area contributed by atoms with Gasteiger partial charge >= 0.3 is 0 Å². The molecule has 0 aromatic carbocycles. The fraction of sp³-hybridized carbons (Fsp3) is 0.600. The van der Waals surface area contributed by atoms with Gasteiger partial charge in [0.15, 0.2) is 5.82 Å². The zero-order valence-electron chi connectivity index (χ0n) is 27.5. The molecule has 3 aliphatic rings. The molecule has 6 rings (SSSR count). The van der Waals surface area contributed by atoms with Crippen LogP contribution in [0.15, 0.2) is 47.6 Å². The maximum atomic E-state index is 13.7. The third kappa shape index (κ3) is 7.94. The molecule has 0 radical (unpaired) electrons. The Morgan fingerprint density at radius 1 is 1.07 bits per heavy atom. The summed E-state index contributed by atoms with van der Waals surface area (Å²) in [7, 11) is 0. The van der Waals surface area contributed by atoms with E-state index in [1.165, 1.54) is 37.6 Å². The molecule has 1 saturated carbocycles. The van der Waals surface area contributed by atoms with E-state index >= 15 is 0 Å². The van der Waals surface area contributed by atoms with Crippen molar-refractivity contribution in [2.75, 3.05) is 29.9 Å². The highest BCUT2D eigenvalue weighted by atomic mass is 32.2. The highest BCUT2D eigenvalue weighted by molar-refractivity contribution is 7.97. The smallest absolute Gasteiger partial charge is 0.265 e. The lowest BCUT2D eigenvalue weighted by Gasteiger charge is -2.34. The molecule has 2 N–H and O–H groups in total. The van der Waals surface area contributed by atoms with Crippen LogP contribution in [0.3, 0.4) is 0 Å². The molecule has 3 aromatic heterocycles. The predicted molar refractivity (Wildman–Crippen MR) is 181 cm³/mol. The van der Waals surface area contributed by atoms with Crippen molar-refractivity contribution >= 4 is 29.5 Å². The summed E-state index contributed by atoms with van der Waals surface area (Å²) in [6.07, 6.45) is 11.5. The molecule has 1 unspecified atom stereocenters. The normalized spacial score (nSPS) is 22.2. The molecule has 2 aliphatic heterocycles. The predicted octanol–water partition coefficient (Wildman–Crippen LogP) is 7.53. The van der Waals surface area contributed by atoms with E-state index in [1.54, 1.807) is 4.68 Å². The van der Waals surface area contributed by atoms with Crippen LogP contribution in [0.4, 0.5) is 11.6 Å². The van der Waals surface area contributed by atoms with Crippen LogP contribution < -0.4 is 19.7 Å². The van der Waals surface area contributed by atoms with Crippen molar-refractivity contribution in [3.05, 3.63) is 48.2 Å². The molecular formula is C35H49N7O2S. The minimum atomic E-state index is -0.189. The molecule has 0 spiro atoms. The van der Waals surface area contributed by atoms with E-state index in [2.05, 4.69) is 49.6 Å². The molecule has 4 bridgehead atoms. The average molecular weight is 632 g/mol. The quantitative estimate of drug-likeness (QED) is 0.270. The number of aromatic nitrogens is 4. The van der Waals surface area contributed by atoms with Gasteiger partial charge in [-0.25, -0.2) is 14.6 Å². The molecule has 9 nitrogen and oxygen atoms in total. The van der Waals surface area contributed by atoms with Crippen LogP contribution in [0.5, 0.6) is 5.88 Å². The average Bonchev–Trinajstić information content (AvgIpc) is 3.74. The minimum Gasteiger partial charge on any atom is -0.477 e. The first kappa shape index (κ1) is 31.7. The summed E-state index contributed by atoms with van der Waals surface area (Å²) in [5.41, 5.74) is 0.603. The number of fused-ring (bicyclic) bond motifs is 6. The number of carbonyl (C=O) groups excluding carboxylic acids is 1. The van der Waals surface area contributed by atoms with Gasteiger partial charge in [0.05, 0.1) is 12.2 Å². The Balaban J connectivity index is 1.29. The number of amides is 1. The number of carbonyl (C=O) groups is 1. The Bertz CT molecular complexity index is 1480. The standard InChI is InChI=1S/C35H49N7O2S/c1-34(2,3)20-25-19-26-21-35(4,5)41(23-26)32-27(33(43)40-45-31-12-8-11-28(37-31)36-22-25)13-14-29(38-32)42-17-15-30(39-42)44-18-16-24-9-6-7-10-24/h8,11-15,17,24-26H,6-7,9-10,16,18-23H2,1-5H3,(H,36,37)(H,40,43)/t25?,26-/m0/s1. The first-order valence-corrected chi connectivity index (χ1v) is 17.5. The molecule has 2 atom stereocenters. The zero-order valence-corrected chi connectivity index (χ0v) is 28.3. The second kappa shape index (κ2) is 13.2. The molecule has 10 heteroatoms. The Morgan fingerprint density at radius 2 is 1.89 bits per heavy atom. The van der Waals surface area contributed by atoms with Gasteiger partial charge in [-0.05, 0) is 87.0 Å². The minimum absolute atomic E-state index is 0.167. The molecule has 45 heavy (non-hydrogen) atoms.